The normalized spacial score (nSPS) is 11.2. The molecule has 1 N–H and O–H groups in total. The van der Waals surface area contributed by atoms with E-state index in [1.54, 1.807) is 24.5 Å². The second kappa shape index (κ2) is 7.83. The van der Waals surface area contributed by atoms with Crippen molar-refractivity contribution in [3.05, 3.63) is 59.6 Å². The minimum atomic E-state index is -0.318. The number of hydrazone groups is 1. The molecule has 0 radical (unpaired) electrons. The molecule has 5 heteroatoms. The van der Waals surface area contributed by atoms with E-state index in [1.165, 1.54) is 6.21 Å². The number of amides is 1. The highest BCUT2D eigenvalue weighted by atomic mass is 16.5. The van der Waals surface area contributed by atoms with E-state index >= 15 is 0 Å². The first-order valence-corrected chi connectivity index (χ1v) is 6.86. The predicted octanol–water partition coefficient (Wildman–Crippen LogP) is 3.09. The molecule has 0 aliphatic carbocycles. The van der Waals surface area contributed by atoms with Crippen LogP contribution in [0.4, 0.5) is 0 Å². The number of furan rings is 1. The molecule has 1 amide bonds. The average Bonchev–Trinajstić information content (AvgIpc) is 2.97. The topological polar surface area (TPSA) is 63.8 Å². The zero-order valence-corrected chi connectivity index (χ0v) is 12.6. The Labute approximate surface area is 129 Å². The molecule has 0 aliphatic rings. The molecule has 2 rings (SSSR count). The third-order valence-corrected chi connectivity index (χ3v) is 2.72. The van der Waals surface area contributed by atoms with Crippen molar-refractivity contribution in [3.63, 3.8) is 0 Å². The summed E-state index contributed by atoms with van der Waals surface area (Å²) in [6.45, 7) is 3.88. The van der Waals surface area contributed by atoms with Crippen molar-refractivity contribution < 1.29 is 13.9 Å². The number of benzene rings is 1. The van der Waals surface area contributed by atoms with E-state index in [1.807, 2.05) is 38.1 Å². The number of hydrogen-bond donors (Lipinski definition) is 1. The van der Waals surface area contributed by atoms with Gasteiger partial charge < -0.3 is 9.15 Å². The van der Waals surface area contributed by atoms with E-state index in [-0.39, 0.29) is 12.5 Å². The Balaban J connectivity index is 1.73. The third-order valence-electron chi connectivity index (χ3n) is 2.72. The quantitative estimate of drug-likeness (QED) is 0.658. The van der Waals surface area contributed by atoms with Gasteiger partial charge in [0.1, 0.15) is 11.5 Å². The van der Waals surface area contributed by atoms with Crippen LogP contribution in [0.5, 0.6) is 5.75 Å². The highest BCUT2D eigenvalue weighted by molar-refractivity contribution is 5.81. The molecule has 0 bridgehead atoms. The van der Waals surface area contributed by atoms with E-state index < -0.39 is 0 Å². The summed E-state index contributed by atoms with van der Waals surface area (Å²) in [5.74, 6) is 1.08. The van der Waals surface area contributed by atoms with Gasteiger partial charge in [0.15, 0.2) is 6.61 Å². The van der Waals surface area contributed by atoms with Crippen molar-refractivity contribution >= 4 is 18.2 Å². The lowest BCUT2D eigenvalue weighted by Gasteiger charge is -2.07. The summed E-state index contributed by atoms with van der Waals surface area (Å²) in [4.78, 5) is 11.6. The van der Waals surface area contributed by atoms with Crippen molar-refractivity contribution in [2.24, 2.45) is 5.10 Å². The Morgan fingerprint density at radius 3 is 2.77 bits per heavy atom. The first kappa shape index (κ1) is 15.6. The van der Waals surface area contributed by atoms with E-state index in [2.05, 4.69) is 10.5 Å². The molecule has 0 aliphatic heterocycles. The highest BCUT2D eigenvalue weighted by Gasteiger charge is 2.02. The smallest absolute Gasteiger partial charge is 0.277 e. The third kappa shape index (κ3) is 5.28. The first-order chi connectivity index (χ1) is 10.6. The number of allylic oxidation sites excluding steroid dienone is 1. The fourth-order valence-corrected chi connectivity index (χ4v) is 1.87. The van der Waals surface area contributed by atoms with Crippen LogP contribution in [0.25, 0.3) is 6.08 Å². The molecule has 1 aromatic heterocycles. The van der Waals surface area contributed by atoms with Gasteiger partial charge in [0.05, 0.1) is 6.26 Å². The van der Waals surface area contributed by atoms with Crippen LogP contribution in [-0.4, -0.2) is 18.7 Å². The van der Waals surface area contributed by atoms with Gasteiger partial charge in [-0.3, -0.25) is 4.79 Å². The van der Waals surface area contributed by atoms with Gasteiger partial charge in [0.2, 0.25) is 0 Å². The second-order valence-corrected chi connectivity index (χ2v) is 4.80. The number of aryl methyl sites for hydroxylation is 2. The lowest BCUT2D eigenvalue weighted by Crippen LogP contribution is -2.24. The molecule has 2 aromatic rings. The maximum Gasteiger partial charge on any atom is 0.277 e. The van der Waals surface area contributed by atoms with Crippen LogP contribution < -0.4 is 10.2 Å². The van der Waals surface area contributed by atoms with E-state index in [0.717, 1.165) is 16.9 Å². The van der Waals surface area contributed by atoms with Gasteiger partial charge in [-0.25, -0.2) is 5.43 Å². The Kier molecular flexibility index (Phi) is 5.54. The van der Waals surface area contributed by atoms with Crippen molar-refractivity contribution in [3.8, 4) is 5.75 Å². The van der Waals surface area contributed by atoms with Gasteiger partial charge in [0, 0.05) is 6.21 Å². The zero-order chi connectivity index (χ0) is 15.8. The Bertz CT molecular complexity index is 653. The van der Waals surface area contributed by atoms with Crippen molar-refractivity contribution in [1.29, 1.82) is 0 Å². The average molecular weight is 298 g/mol. The molecule has 0 unspecified atom stereocenters. The number of ether oxygens (including phenoxy) is 1. The lowest BCUT2D eigenvalue weighted by atomic mass is 10.1. The standard InChI is InChI=1S/C17H18N2O3/c1-13-9-14(2)11-16(10-13)22-12-17(20)19-18-7-3-5-15-6-4-8-21-15/h3-11H,12H2,1-2H3,(H,19,20). The maximum absolute atomic E-state index is 11.6. The lowest BCUT2D eigenvalue weighted by molar-refractivity contribution is -0.123. The second-order valence-electron chi connectivity index (χ2n) is 4.80. The van der Waals surface area contributed by atoms with Crippen LogP contribution in [0.3, 0.4) is 0 Å². The minimum Gasteiger partial charge on any atom is -0.484 e. The van der Waals surface area contributed by atoms with Crippen molar-refractivity contribution in [2.75, 3.05) is 6.61 Å². The number of rotatable bonds is 6. The molecule has 0 spiro atoms. The van der Waals surface area contributed by atoms with Crippen molar-refractivity contribution in [1.82, 2.24) is 5.43 Å². The van der Waals surface area contributed by atoms with Crippen LogP contribution in [0.1, 0.15) is 16.9 Å². The first-order valence-electron chi connectivity index (χ1n) is 6.86. The Morgan fingerprint density at radius 1 is 1.32 bits per heavy atom. The highest BCUT2D eigenvalue weighted by Crippen LogP contribution is 2.15. The van der Waals surface area contributed by atoms with Crippen LogP contribution in [0.2, 0.25) is 0 Å². The molecule has 0 saturated carbocycles. The number of carbonyl (C=O) groups is 1. The largest absolute Gasteiger partial charge is 0.484 e. The number of hydrogen-bond acceptors (Lipinski definition) is 4. The van der Waals surface area contributed by atoms with Crippen molar-refractivity contribution in [2.45, 2.75) is 13.8 Å². The zero-order valence-electron chi connectivity index (χ0n) is 12.6. The number of nitrogens with one attached hydrogen (secondary N) is 1. The summed E-state index contributed by atoms with van der Waals surface area (Å²) in [5.41, 5.74) is 4.57. The molecule has 0 saturated heterocycles. The van der Waals surface area contributed by atoms with Gasteiger partial charge in [-0.15, -0.1) is 0 Å². The maximum atomic E-state index is 11.6. The summed E-state index contributed by atoms with van der Waals surface area (Å²) in [7, 11) is 0. The Morgan fingerprint density at radius 2 is 2.09 bits per heavy atom. The molecule has 5 nitrogen and oxygen atoms in total. The summed E-state index contributed by atoms with van der Waals surface area (Å²) in [6.07, 6.45) is 6.46. The summed E-state index contributed by atoms with van der Waals surface area (Å²) < 4.78 is 10.5. The fourth-order valence-electron chi connectivity index (χ4n) is 1.87. The minimum absolute atomic E-state index is 0.0812. The SMILES string of the molecule is Cc1cc(C)cc(OCC(=O)NN=CC=Cc2ccco2)c1. The van der Waals surface area contributed by atoms with Gasteiger partial charge >= 0.3 is 0 Å². The number of nitrogens with zero attached hydrogens (tertiary/aromatic N) is 1. The predicted molar refractivity (Wildman–Crippen MR) is 85.8 cm³/mol. The van der Waals surface area contributed by atoms with Gasteiger partial charge in [-0.2, -0.15) is 5.10 Å². The molecule has 0 fully saturated rings. The molecule has 1 aromatic carbocycles. The van der Waals surface area contributed by atoms with E-state index in [9.17, 15) is 4.79 Å². The summed E-state index contributed by atoms with van der Waals surface area (Å²) in [6, 6.07) is 9.43. The summed E-state index contributed by atoms with van der Waals surface area (Å²) >= 11 is 0. The van der Waals surface area contributed by atoms with Crippen LogP contribution >= 0.6 is 0 Å². The van der Waals surface area contributed by atoms with Gasteiger partial charge in [-0.05, 0) is 61.4 Å². The van der Waals surface area contributed by atoms with Gasteiger partial charge in [-0.1, -0.05) is 6.07 Å². The molecular formula is C17H18N2O3. The van der Waals surface area contributed by atoms with E-state index in [4.69, 9.17) is 9.15 Å². The van der Waals surface area contributed by atoms with Crippen LogP contribution in [-0.2, 0) is 4.79 Å². The number of carbonyl (C=O) groups excluding carboxylic acids is 1. The monoisotopic (exact) mass is 298 g/mol. The molecule has 114 valence electrons. The van der Waals surface area contributed by atoms with E-state index in [0.29, 0.717) is 5.75 Å². The molecule has 0 atom stereocenters. The van der Waals surface area contributed by atoms with Crippen LogP contribution in [0, 0.1) is 13.8 Å². The summed E-state index contributed by atoms with van der Waals surface area (Å²) in [5, 5.41) is 3.79. The Hall–Kier alpha value is -2.82. The van der Waals surface area contributed by atoms with Gasteiger partial charge in [0.25, 0.3) is 5.91 Å². The molecule has 1 heterocycles. The molecular weight excluding hydrogens is 280 g/mol. The van der Waals surface area contributed by atoms with Crippen LogP contribution in [0.15, 0.2) is 52.2 Å². The molecule has 22 heavy (non-hydrogen) atoms. The fraction of sp³-hybridized carbons (Fsp3) is 0.176.